The molecule has 0 saturated heterocycles. The average Bonchev–Trinajstić information content (AvgIpc) is 2.60. The van der Waals surface area contributed by atoms with Crippen molar-refractivity contribution in [2.75, 3.05) is 5.75 Å². The van der Waals surface area contributed by atoms with Gasteiger partial charge in [0, 0.05) is 12.6 Å². The van der Waals surface area contributed by atoms with E-state index in [4.69, 9.17) is 5.26 Å². The lowest BCUT2D eigenvalue weighted by molar-refractivity contribution is -0.144. The van der Waals surface area contributed by atoms with Crippen LogP contribution in [0, 0.1) is 24.1 Å². The van der Waals surface area contributed by atoms with E-state index in [1.165, 1.54) is 0 Å². The number of hydrogen-bond acceptors (Lipinski definition) is 5. The number of primary sulfonamides is 1. The Kier molecular flexibility index (Phi) is 7.71. The second kappa shape index (κ2) is 9.23. The predicted molar refractivity (Wildman–Crippen MR) is 100.0 cm³/mol. The van der Waals surface area contributed by atoms with Crippen LogP contribution >= 0.6 is 0 Å². The molecular weight excluding hydrogens is 432 g/mol. The van der Waals surface area contributed by atoms with E-state index in [2.05, 4.69) is 5.14 Å². The average molecular weight is 450 g/mol. The lowest BCUT2D eigenvalue weighted by Gasteiger charge is -2.17. The van der Waals surface area contributed by atoms with Crippen molar-refractivity contribution >= 4 is 10.0 Å². The summed E-state index contributed by atoms with van der Waals surface area (Å²) in [6, 6.07) is 4.59. The van der Waals surface area contributed by atoms with Gasteiger partial charge in [-0.1, -0.05) is 6.92 Å². The molecule has 0 radical (unpaired) electrons. The largest absolute Gasteiger partial charge is 0.432 e. The summed E-state index contributed by atoms with van der Waals surface area (Å²) in [6.45, 7) is 2.67. The molecule has 0 bridgehead atoms. The Hall–Kier alpha value is -2.98. The van der Waals surface area contributed by atoms with Crippen molar-refractivity contribution in [1.29, 1.82) is 5.26 Å². The molecule has 1 heterocycles. The maximum atomic E-state index is 14.0. The lowest BCUT2D eigenvalue weighted by Crippen LogP contribution is -2.43. The number of benzene rings is 1. The Balaban J connectivity index is 0.000000553. The van der Waals surface area contributed by atoms with Gasteiger partial charge in [-0.25, -0.2) is 27.3 Å². The minimum atomic E-state index is -4.90. The molecule has 0 unspecified atom stereocenters. The highest BCUT2D eigenvalue weighted by Gasteiger charge is 2.37. The second-order valence-corrected chi connectivity index (χ2v) is 7.83. The molecule has 164 valence electrons. The Morgan fingerprint density at radius 1 is 1.23 bits per heavy atom. The first-order valence-electron chi connectivity index (χ1n) is 8.26. The Morgan fingerprint density at radius 3 is 2.17 bits per heavy atom. The van der Waals surface area contributed by atoms with E-state index in [-0.39, 0.29) is 15.9 Å². The second-order valence-electron chi connectivity index (χ2n) is 6.10. The minimum absolute atomic E-state index is 0.0558. The summed E-state index contributed by atoms with van der Waals surface area (Å²) in [4.78, 5) is 24.2. The zero-order valence-electron chi connectivity index (χ0n) is 16.1. The number of aromatic nitrogens is 2. The molecule has 0 saturated carbocycles. The van der Waals surface area contributed by atoms with E-state index in [0.29, 0.717) is 11.0 Å². The molecule has 1 aromatic heterocycles. The van der Waals surface area contributed by atoms with Crippen LogP contribution < -0.4 is 16.4 Å². The van der Waals surface area contributed by atoms with Crippen molar-refractivity contribution in [3.05, 3.63) is 61.7 Å². The highest BCUT2D eigenvalue weighted by Crippen LogP contribution is 2.29. The molecule has 0 atom stereocenters. The van der Waals surface area contributed by atoms with Gasteiger partial charge in [0.2, 0.25) is 10.0 Å². The number of nitrogens with zero attached hydrogens (tertiary/aromatic N) is 3. The van der Waals surface area contributed by atoms with Gasteiger partial charge in [-0.15, -0.1) is 0 Å². The molecule has 0 aliphatic heterocycles. The fourth-order valence-electron chi connectivity index (χ4n) is 2.51. The molecule has 0 fully saturated rings. The van der Waals surface area contributed by atoms with E-state index >= 15 is 0 Å². The van der Waals surface area contributed by atoms with Gasteiger partial charge in [-0.2, -0.15) is 18.4 Å². The van der Waals surface area contributed by atoms with Crippen LogP contribution in [0.5, 0.6) is 0 Å². The van der Waals surface area contributed by atoms with Gasteiger partial charge < -0.3 is 0 Å². The summed E-state index contributed by atoms with van der Waals surface area (Å²) in [5, 5.41) is 13.3. The van der Waals surface area contributed by atoms with Gasteiger partial charge in [0.05, 0.1) is 23.1 Å². The maximum absolute atomic E-state index is 14.0. The predicted octanol–water partition coefficient (Wildman–Crippen LogP) is 1.56. The Bertz CT molecular complexity index is 1170. The van der Waals surface area contributed by atoms with E-state index in [9.17, 15) is 35.6 Å². The van der Waals surface area contributed by atoms with Crippen LogP contribution in [0.3, 0.4) is 0 Å². The molecule has 0 spiro atoms. The van der Waals surface area contributed by atoms with Gasteiger partial charge in [0.15, 0.2) is 0 Å². The number of halogens is 4. The molecule has 2 rings (SSSR count). The van der Waals surface area contributed by atoms with Crippen LogP contribution in [0.4, 0.5) is 17.6 Å². The first-order chi connectivity index (χ1) is 13.7. The molecule has 13 heteroatoms. The maximum Gasteiger partial charge on any atom is 0.432 e. The minimum Gasteiger partial charge on any atom is -0.292 e. The fraction of sp³-hybridized carbons (Fsp3) is 0.353. The van der Waals surface area contributed by atoms with Crippen LogP contribution in [-0.4, -0.2) is 23.3 Å². The molecule has 2 aromatic rings. The monoisotopic (exact) mass is 450 g/mol. The highest BCUT2D eigenvalue weighted by molar-refractivity contribution is 7.89. The van der Waals surface area contributed by atoms with E-state index < -0.39 is 50.2 Å². The summed E-state index contributed by atoms with van der Waals surface area (Å²) < 4.78 is 73.5. The van der Waals surface area contributed by atoms with Crippen LogP contribution in [0.15, 0.2) is 27.8 Å². The standard InChI is InChI=1S/C14H9F4N3O2.C3H9NO2S/c1-7-11(14(16,17)18)20(2)13(23)21(12(7)22)10-4-3-8(6-19)5-9(10)15;1-2-3-7(4,5)6/h3-5H,1-2H3;2-3H2,1H3,(H2,4,5,6). The number of nitrogens with two attached hydrogens (primary N) is 1. The quantitative estimate of drug-likeness (QED) is 0.710. The number of sulfonamides is 1. The molecule has 30 heavy (non-hydrogen) atoms. The Morgan fingerprint density at radius 2 is 1.80 bits per heavy atom. The number of nitriles is 1. The lowest BCUT2D eigenvalue weighted by atomic mass is 10.2. The molecular formula is C17H18F4N4O4S. The van der Waals surface area contributed by atoms with Crippen LogP contribution in [0.25, 0.3) is 5.69 Å². The van der Waals surface area contributed by atoms with Gasteiger partial charge in [-0.05, 0) is 31.5 Å². The number of rotatable bonds is 3. The van der Waals surface area contributed by atoms with Crippen LogP contribution in [0.2, 0.25) is 0 Å². The first kappa shape index (κ1) is 25.1. The fourth-order valence-corrected chi connectivity index (χ4v) is 3.08. The zero-order valence-corrected chi connectivity index (χ0v) is 16.9. The molecule has 1 aromatic carbocycles. The third kappa shape index (κ3) is 5.77. The summed E-state index contributed by atoms with van der Waals surface area (Å²) in [5.41, 5.74) is -5.31. The topological polar surface area (TPSA) is 128 Å². The molecule has 0 aliphatic rings. The van der Waals surface area contributed by atoms with E-state index in [1.807, 2.05) is 0 Å². The normalized spacial score (nSPS) is 11.4. The van der Waals surface area contributed by atoms with Crippen molar-refractivity contribution in [1.82, 2.24) is 9.13 Å². The van der Waals surface area contributed by atoms with Gasteiger partial charge in [-0.3, -0.25) is 9.36 Å². The van der Waals surface area contributed by atoms with Crippen molar-refractivity contribution in [2.45, 2.75) is 26.4 Å². The summed E-state index contributed by atoms with van der Waals surface area (Å²) in [5.74, 6) is -0.977. The molecule has 2 N–H and O–H groups in total. The van der Waals surface area contributed by atoms with Gasteiger partial charge >= 0.3 is 11.9 Å². The van der Waals surface area contributed by atoms with Crippen LogP contribution in [-0.2, 0) is 23.2 Å². The Labute approximate surface area is 168 Å². The van der Waals surface area contributed by atoms with Gasteiger partial charge in [0.25, 0.3) is 5.56 Å². The summed E-state index contributed by atoms with van der Waals surface area (Å²) in [7, 11) is -2.33. The molecule has 0 aliphatic carbocycles. The van der Waals surface area contributed by atoms with Gasteiger partial charge in [0.1, 0.15) is 11.5 Å². The van der Waals surface area contributed by atoms with Crippen molar-refractivity contribution in [3.8, 4) is 11.8 Å². The third-order valence-electron chi connectivity index (χ3n) is 3.77. The van der Waals surface area contributed by atoms with Crippen LogP contribution in [0.1, 0.15) is 30.2 Å². The molecule has 8 nitrogen and oxygen atoms in total. The van der Waals surface area contributed by atoms with Crippen molar-refractivity contribution in [3.63, 3.8) is 0 Å². The highest BCUT2D eigenvalue weighted by atomic mass is 32.2. The van der Waals surface area contributed by atoms with Crippen molar-refractivity contribution in [2.24, 2.45) is 12.2 Å². The third-order valence-corrected chi connectivity index (χ3v) is 4.74. The summed E-state index contributed by atoms with van der Waals surface area (Å²) >= 11 is 0. The number of hydrogen-bond donors (Lipinski definition) is 1. The SMILES string of the molecule is CCCS(N)(=O)=O.Cc1c(C(F)(F)F)n(C)c(=O)n(-c2ccc(C#N)cc2F)c1=O. The van der Waals surface area contributed by atoms with E-state index in [1.54, 1.807) is 13.0 Å². The smallest absolute Gasteiger partial charge is 0.292 e. The molecule has 0 amide bonds. The van der Waals surface area contributed by atoms with E-state index in [0.717, 1.165) is 32.2 Å². The zero-order chi connectivity index (χ0) is 23.4. The van der Waals surface area contributed by atoms with Crippen molar-refractivity contribution < 1.29 is 26.0 Å². The summed E-state index contributed by atoms with van der Waals surface area (Å²) in [6.07, 6.45) is -4.31. The first-order valence-corrected chi connectivity index (χ1v) is 9.97. The number of alkyl halides is 3.